The fourth-order valence-electron chi connectivity index (χ4n) is 4.29. The minimum Gasteiger partial charge on any atom is -0.472 e. The molecule has 1 N–H and O–H groups in total. The second-order valence-electron chi connectivity index (χ2n) is 8.58. The molecule has 5 rings (SSSR count). The number of aliphatic hydroxyl groups excluding tert-OH is 1. The van der Waals surface area contributed by atoms with E-state index in [1.165, 1.54) is 6.07 Å². The third-order valence-corrected chi connectivity index (χ3v) is 6.94. The highest BCUT2D eigenvalue weighted by Crippen LogP contribution is 2.27. The van der Waals surface area contributed by atoms with E-state index in [1.807, 2.05) is 25.1 Å². The van der Waals surface area contributed by atoms with Crippen LogP contribution in [0.25, 0.3) is 21.5 Å². The fourth-order valence-corrected chi connectivity index (χ4v) is 5.10. The highest BCUT2D eigenvalue weighted by Gasteiger charge is 2.29. The maximum atomic E-state index is 14.0. The Balaban J connectivity index is 1.20. The standard InChI is InChI=1S/C25H27FN4O3S/c1-16(31)25(32-18-7-8-24-23(13-18)27-17(2)34-24)30-11-9-29(10-12-30)15-19-14-22(28-33-19)20-5-3-4-6-21(20)26/h3-8,13-14,16,25,31H,9-12,15H2,1-2H3/t16-,25?/m1/s1. The van der Waals surface area contributed by atoms with Gasteiger partial charge in [0.05, 0.1) is 21.8 Å². The summed E-state index contributed by atoms with van der Waals surface area (Å²) in [5, 5.41) is 15.5. The average Bonchev–Trinajstić information content (AvgIpc) is 3.43. The Bertz CT molecular complexity index is 1270. The predicted molar refractivity (Wildman–Crippen MR) is 129 cm³/mol. The van der Waals surface area contributed by atoms with Crippen LogP contribution in [0.2, 0.25) is 0 Å². The van der Waals surface area contributed by atoms with E-state index in [9.17, 15) is 9.50 Å². The monoisotopic (exact) mass is 482 g/mol. The van der Waals surface area contributed by atoms with Gasteiger partial charge >= 0.3 is 0 Å². The normalized spacial score (nSPS) is 17.2. The molecule has 2 atom stereocenters. The molecular formula is C25H27FN4O3S. The van der Waals surface area contributed by atoms with Gasteiger partial charge < -0.3 is 14.4 Å². The number of ether oxygens (including phenoxy) is 1. The Morgan fingerprint density at radius 3 is 2.71 bits per heavy atom. The van der Waals surface area contributed by atoms with Crippen LogP contribution in [0.15, 0.2) is 53.1 Å². The lowest BCUT2D eigenvalue weighted by atomic mass is 10.1. The lowest BCUT2D eigenvalue weighted by Gasteiger charge is -2.39. The van der Waals surface area contributed by atoms with E-state index in [4.69, 9.17) is 9.26 Å². The van der Waals surface area contributed by atoms with Crippen LogP contribution in [0.3, 0.4) is 0 Å². The predicted octanol–water partition coefficient (Wildman–Crippen LogP) is 4.30. The molecule has 178 valence electrons. The van der Waals surface area contributed by atoms with Crippen molar-refractivity contribution in [3.8, 4) is 17.0 Å². The Labute approximate surface area is 201 Å². The van der Waals surface area contributed by atoms with Crippen LogP contribution in [0.1, 0.15) is 17.7 Å². The highest BCUT2D eigenvalue weighted by molar-refractivity contribution is 7.18. The summed E-state index contributed by atoms with van der Waals surface area (Å²) in [7, 11) is 0. The third kappa shape index (κ3) is 4.97. The smallest absolute Gasteiger partial charge is 0.178 e. The molecule has 0 spiro atoms. The van der Waals surface area contributed by atoms with Gasteiger partial charge in [-0.05, 0) is 38.1 Å². The summed E-state index contributed by atoms with van der Waals surface area (Å²) in [5.41, 5.74) is 1.85. The number of hydrogen-bond donors (Lipinski definition) is 1. The van der Waals surface area contributed by atoms with Gasteiger partial charge in [0.2, 0.25) is 0 Å². The van der Waals surface area contributed by atoms with Crippen LogP contribution in [0.4, 0.5) is 4.39 Å². The molecule has 0 saturated carbocycles. The van der Waals surface area contributed by atoms with E-state index >= 15 is 0 Å². The second-order valence-corrected chi connectivity index (χ2v) is 9.82. The Kier molecular flexibility index (Phi) is 6.60. The first kappa shape index (κ1) is 22.9. The van der Waals surface area contributed by atoms with Crippen LogP contribution in [0, 0.1) is 12.7 Å². The van der Waals surface area contributed by atoms with Crippen LogP contribution >= 0.6 is 11.3 Å². The Morgan fingerprint density at radius 1 is 1.15 bits per heavy atom. The fraction of sp³-hybridized carbons (Fsp3) is 0.360. The molecule has 0 amide bonds. The molecule has 3 heterocycles. The molecule has 1 unspecified atom stereocenters. The Morgan fingerprint density at radius 2 is 1.94 bits per heavy atom. The van der Waals surface area contributed by atoms with Crippen molar-refractivity contribution in [2.24, 2.45) is 0 Å². The summed E-state index contributed by atoms with van der Waals surface area (Å²) >= 11 is 1.65. The summed E-state index contributed by atoms with van der Waals surface area (Å²) in [5.74, 6) is 1.08. The van der Waals surface area contributed by atoms with Crippen molar-refractivity contribution in [2.45, 2.75) is 32.7 Å². The van der Waals surface area contributed by atoms with Crippen LogP contribution in [-0.2, 0) is 6.54 Å². The minimum absolute atomic E-state index is 0.316. The number of benzene rings is 2. The molecule has 0 aliphatic carbocycles. The van der Waals surface area contributed by atoms with Gasteiger partial charge in [0, 0.05) is 43.9 Å². The number of aliphatic hydroxyl groups is 1. The molecule has 7 nitrogen and oxygen atoms in total. The number of aromatic nitrogens is 2. The molecule has 0 radical (unpaired) electrons. The highest BCUT2D eigenvalue weighted by atomic mass is 32.1. The first-order valence-electron chi connectivity index (χ1n) is 11.3. The first-order chi connectivity index (χ1) is 16.5. The van der Waals surface area contributed by atoms with Gasteiger partial charge in [-0.3, -0.25) is 9.80 Å². The molecule has 1 saturated heterocycles. The van der Waals surface area contributed by atoms with Gasteiger partial charge in [-0.1, -0.05) is 17.3 Å². The number of nitrogens with zero attached hydrogens (tertiary/aromatic N) is 4. The molecule has 34 heavy (non-hydrogen) atoms. The molecule has 2 aromatic carbocycles. The van der Waals surface area contributed by atoms with Gasteiger partial charge in [0.25, 0.3) is 0 Å². The van der Waals surface area contributed by atoms with Crippen molar-refractivity contribution in [3.63, 3.8) is 0 Å². The lowest BCUT2D eigenvalue weighted by molar-refractivity contribution is -0.0756. The number of hydrogen-bond acceptors (Lipinski definition) is 8. The average molecular weight is 483 g/mol. The number of rotatable bonds is 7. The topological polar surface area (TPSA) is 74.9 Å². The number of aryl methyl sites for hydroxylation is 1. The van der Waals surface area contributed by atoms with Crippen molar-refractivity contribution in [1.82, 2.24) is 19.9 Å². The van der Waals surface area contributed by atoms with Crippen molar-refractivity contribution in [1.29, 1.82) is 0 Å². The second kappa shape index (κ2) is 9.79. The number of piperazine rings is 1. The molecule has 2 aromatic heterocycles. The van der Waals surface area contributed by atoms with Crippen LogP contribution in [-0.4, -0.2) is 63.6 Å². The Hall–Kier alpha value is -2.85. The lowest BCUT2D eigenvalue weighted by Crippen LogP contribution is -2.55. The zero-order valence-electron chi connectivity index (χ0n) is 19.1. The van der Waals surface area contributed by atoms with Crippen LogP contribution < -0.4 is 4.74 Å². The van der Waals surface area contributed by atoms with Crippen LogP contribution in [0.5, 0.6) is 5.75 Å². The molecule has 4 aromatic rings. The third-order valence-electron chi connectivity index (χ3n) is 5.99. The summed E-state index contributed by atoms with van der Waals surface area (Å²) in [6, 6.07) is 14.2. The summed E-state index contributed by atoms with van der Waals surface area (Å²) in [6.07, 6.45) is -1.10. The van der Waals surface area contributed by atoms with E-state index in [-0.39, 0.29) is 5.82 Å². The van der Waals surface area contributed by atoms with Gasteiger partial charge in [0.15, 0.2) is 12.0 Å². The largest absolute Gasteiger partial charge is 0.472 e. The van der Waals surface area contributed by atoms with E-state index < -0.39 is 12.3 Å². The minimum atomic E-state index is -0.656. The van der Waals surface area contributed by atoms with Gasteiger partial charge in [-0.2, -0.15) is 0 Å². The molecule has 1 fully saturated rings. The van der Waals surface area contributed by atoms with Gasteiger partial charge in [-0.25, -0.2) is 9.37 Å². The molecular weight excluding hydrogens is 455 g/mol. The van der Waals surface area contributed by atoms with E-state index in [1.54, 1.807) is 42.5 Å². The SMILES string of the molecule is Cc1nc2cc(OC([C@@H](C)O)N3CCN(Cc4cc(-c5ccccc5F)no4)CC3)ccc2s1. The van der Waals surface area contributed by atoms with Crippen molar-refractivity contribution in [3.05, 3.63) is 65.1 Å². The van der Waals surface area contributed by atoms with E-state index in [0.717, 1.165) is 41.4 Å². The van der Waals surface area contributed by atoms with Gasteiger partial charge in [0.1, 0.15) is 23.4 Å². The maximum Gasteiger partial charge on any atom is 0.178 e. The molecule has 0 bridgehead atoms. The summed E-state index contributed by atoms with van der Waals surface area (Å²) in [4.78, 5) is 8.95. The number of fused-ring (bicyclic) bond motifs is 1. The number of halogens is 1. The molecule has 1 aliphatic rings. The van der Waals surface area contributed by atoms with Crippen molar-refractivity contribution >= 4 is 21.6 Å². The summed E-state index contributed by atoms with van der Waals surface area (Å²) in [6.45, 7) is 7.38. The molecule has 1 aliphatic heterocycles. The maximum absolute atomic E-state index is 14.0. The quantitative estimate of drug-likeness (QED) is 0.421. The van der Waals surface area contributed by atoms with Crippen molar-refractivity contribution in [2.75, 3.05) is 26.2 Å². The van der Waals surface area contributed by atoms with E-state index in [0.29, 0.717) is 29.3 Å². The number of thiazole rings is 1. The zero-order valence-corrected chi connectivity index (χ0v) is 20.0. The first-order valence-corrected chi connectivity index (χ1v) is 12.2. The molecule has 9 heteroatoms. The van der Waals surface area contributed by atoms with E-state index in [2.05, 4.69) is 19.9 Å². The zero-order chi connectivity index (χ0) is 23.7. The summed E-state index contributed by atoms with van der Waals surface area (Å²) < 4.78 is 26.8. The van der Waals surface area contributed by atoms with Crippen molar-refractivity contribution < 1.29 is 18.8 Å². The van der Waals surface area contributed by atoms with Gasteiger partial charge in [-0.15, -0.1) is 11.3 Å².